The molecule has 76 valence electrons. The van der Waals surface area contributed by atoms with Gasteiger partial charge in [0.25, 0.3) is 0 Å². The lowest BCUT2D eigenvalue weighted by Gasteiger charge is -2.35. The van der Waals surface area contributed by atoms with E-state index in [0.29, 0.717) is 0 Å². The predicted molar refractivity (Wildman–Crippen MR) is 44.8 cm³/mol. The Morgan fingerprint density at radius 2 is 2.15 bits per heavy atom. The molecule has 0 spiro atoms. The highest BCUT2D eigenvalue weighted by atomic mass is 16.6. The van der Waals surface area contributed by atoms with Gasteiger partial charge in [-0.15, -0.1) is 0 Å². The lowest BCUT2D eigenvalue weighted by Crippen LogP contribution is -2.54. The Kier molecular flexibility index (Phi) is 3.24. The minimum atomic E-state index is -0.907. The second-order valence-electron chi connectivity index (χ2n) is 3.33. The third-order valence-corrected chi connectivity index (χ3v) is 2.11. The van der Waals surface area contributed by atoms with Gasteiger partial charge in [0.15, 0.2) is 6.29 Å². The van der Waals surface area contributed by atoms with Crippen molar-refractivity contribution < 1.29 is 19.7 Å². The summed E-state index contributed by atoms with van der Waals surface area (Å²) in [6.45, 7) is 3.03. The zero-order valence-electron chi connectivity index (χ0n) is 7.73. The van der Waals surface area contributed by atoms with Crippen LogP contribution in [0.4, 0.5) is 0 Å². The average molecular weight is 189 g/mol. The van der Waals surface area contributed by atoms with Gasteiger partial charge >= 0.3 is 0 Å². The molecule has 1 fully saturated rings. The fraction of sp³-hybridized carbons (Fsp3) is 0.875. The van der Waals surface area contributed by atoms with Crippen molar-refractivity contribution in [3.63, 3.8) is 0 Å². The van der Waals surface area contributed by atoms with Gasteiger partial charge in [-0.25, -0.2) is 0 Å². The van der Waals surface area contributed by atoms with Gasteiger partial charge in [0.1, 0.15) is 6.10 Å². The average Bonchev–Trinajstić information content (AvgIpc) is 1.98. The van der Waals surface area contributed by atoms with Crippen LogP contribution >= 0.6 is 0 Å². The van der Waals surface area contributed by atoms with E-state index in [1.54, 1.807) is 6.92 Å². The van der Waals surface area contributed by atoms with Crippen LogP contribution in [0.25, 0.3) is 0 Å². The van der Waals surface area contributed by atoms with Gasteiger partial charge in [-0.2, -0.15) is 0 Å². The minimum Gasteiger partial charge on any atom is -0.388 e. The Bertz CT molecular complexity index is 197. The first kappa shape index (κ1) is 10.4. The Morgan fingerprint density at radius 1 is 1.54 bits per heavy atom. The van der Waals surface area contributed by atoms with Crippen molar-refractivity contribution in [2.75, 3.05) is 0 Å². The smallest absolute Gasteiger partial charge is 0.217 e. The van der Waals surface area contributed by atoms with E-state index in [1.165, 1.54) is 6.92 Å². The van der Waals surface area contributed by atoms with Crippen LogP contribution in [0.1, 0.15) is 20.3 Å². The highest BCUT2D eigenvalue weighted by Gasteiger charge is 2.34. The SMILES string of the molecule is CC(=O)N[C@H]1C[C@H](O)O[C@@H](C)[C@H]1O. The quantitative estimate of drug-likeness (QED) is 0.493. The maximum absolute atomic E-state index is 10.7. The van der Waals surface area contributed by atoms with Crippen molar-refractivity contribution in [2.45, 2.75) is 44.8 Å². The maximum Gasteiger partial charge on any atom is 0.217 e. The molecule has 1 rings (SSSR count). The number of amides is 1. The molecule has 0 saturated carbocycles. The molecule has 0 radical (unpaired) electrons. The van der Waals surface area contributed by atoms with Crippen LogP contribution in [-0.2, 0) is 9.53 Å². The normalized spacial score (nSPS) is 40.0. The van der Waals surface area contributed by atoms with Crippen LogP contribution < -0.4 is 5.32 Å². The molecular weight excluding hydrogens is 174 g/mol. The number of aliphatic hydroxyl groups excluding tert-OH is 2. The van der Waals surface area contributed by atoms with Crippen LogP contribution in [0.3, 0.4) is 0 Å². The number of hydrogen-bond donors (Lipinski definition) is 3. The molecule has 13 heavy (non-hydrogen) atoms. The highest BCUT2D eigenvalue weighted by molar-refractivity contribution is 5.73. The summed E-state index contributed by atoms with van der Waals surface area (Å²) >= 11 is 0. The summed E-state index contributed by atoms with van der Waals surface area (Å²) in [5.41, 5.74) is 0. The molecule has 1 heterocycles. The molecule has 1 saturated heterocycles. The summed E-state index contributed by atoms with van der Waals surface area (Å²) < 4.78 is 4.96. The van der Waals surface area contributed by atoms with Crippen molar-refractivity contribution >= 4 is 5.91 Å². The third-order valence-electron chi connectivity index (χ3n) is 2.11. The van der Waals surface area contributed by atoms with E-state index in [-0.39, 0.29) is 12.3 Å². The standard InChI is InChI=1S/C8H15NO4/c1-4-8(12)6(9-5(2)10)3-7(11)13-4/h4,6-8,11-12H,3H2,1-2H3,(H,9,10)/t4-,6-,7+,8+/m0/s1. The number of nitrogens with one attached hydrogen (secondary N) is 1. The van der Waals surface area contributed by atoms with Crippen LogP contribution in [0.15, 0.2) is 0 Å². The van der Waals surface area contributed by atoms with E-state index < -0.39 is 24.5 Å². The van der Waals surface area contributed by atoms with Crippen LogP contribution in [0.5, 0.6) is 0 Å². The fourth-order valence-corrected chi connectivity index (χ4v) is 1.47. The van der Waals surface area contributed by atoms with Crippen molar-refractivity contribution in [3.8, 4) is 0 Å². The first-order chi connectivity index (χ1) is 6.00. The van der Waals surface area contributed by atoms with Gasteiger partial charge in [-0.3, -0.25) is 4.79 Å². The predicted octanol–water partition coefficient (Wildman–Crippen LogP) is -1.02. The number of aliphatic hydroxyl groups is 2. The van der Waals surface area contributed by atoms with Gasteiger partial charge in [0.05, 0.1) is 12.1 Å². The number of hydrogen-bond acceptors (Lipinski definition) is 4. The molecule has 0 aromatic rings. The van der Waals surface area contributed by atoms with Gasteiger partial charge in [0.2, 0.25) is 5.91 Å². The molecular formula is C8H15NO4. The molecule has 0 aromatic carbocycles. The molecule has 0 aromatic heterocycles. The Balaban J connectivity index is 2.55. The topological polar surface area (TPSA) is 78.8 Å². The lowest BCUT2D eigenvalue weighted by molar-refractivity contribution is -0.202. The Morgan fingerprint density at radius 3 is 2.69 bits per heavy atom. The monoisotopic (exact) mass is 189 g/mol. The summed E-state index contributed by atoms with van der Waals surface area (Å²) in [4.78, 5) is 10.7. The molecule has 3 N–H and O–H groups in total. The molecule has 0 aliphatic carbocycles. The summed E-state index contributed by atoms with van der Waals surface area (Å²) in [5, 5.41) is 21.3. The summed E-state index contributed by atoms with van der Waals surface area (Å²) in [7, 11) is 0. The second kappa shape index (κ2) is 4.04. The molecule has 1 aliphatic rings. The molecule has 1 aliphatic heterocycles. The number of carbonyl (C=O) groups excluding carboxylic acids is 1. The number of ether oxygens (including phenoxy) is 1. The van der Waals surface area contributed by atoms with E-state index in [2.05, 4.69) is 5.32 Å². The summed E-state index contributed by atoms with van der Waals surface area (Å²) in [6, 6.07) is -0.420. The van der Waals surface area contributed by atoms with Crippen LogP contribution in [0, 0.1) is 0 Å². The Hall–Kier alpha value is -0.650. The van der Waals surface area contributed by atoms with E-state index >= 15 is 0 Å². The fourth-order valence-electron chi connectivity index (χ4n) is 1.47. The maximum atomic E-state index is 10.7. The van der Waals surface area contributed by atoms with E-state index in [0.717, 1.165) is 0 Å². The Labute approximate surface area is 76.7 Å². The molecule has 5 heteroatoms. The largest absolute Gasteiger partial charge is 0.388 e. The van der Waals surface area contributed by atoms with Crippen molar-refractivity contribution in [1.82, 2.24) is 5.32 Å². The van der Waals surface area contributed by atoms with Crippen LogP contribution in [0.2, 0.25) is 0 Å². The van der Waals surface area contributed by atoms with Crippen molar-refractivity contribution in [2.24, 2.45) is 0 Å². The van der Waals surface area contributed by atoms with Gasteiger partial charge in [-0.1, -0.05) is 0 Å². The third kappa shape index (κ3) is 2.65. The van der Waals surface area contributed by atoms with Gasteiger partial charge in [-0.05, 0) is 6.92 Å². The molecule has 0 unspecified atom stereocenters. The second-order valence-corrected chi connectivity index (χ2v) is 3.33. The minimum absolute atomic E-state index is 0.217. The zero-order valence-corrected chi connectivity index (χ0v) is 7.73. The zero-order chi connectivity index (χ0) is 10.0. The molecule has 5 nitrogen and oxygen atoms in total. The van der Waals surface area contributed by atoms with E-state index in [4.69, 9.17) is 4.74 Å². The first-order valence-corrected chi connectivity index (χ1v) is 4.29. The summed E-state index contributed by atoms with van der Waals surface area (Å²) in [5.74, 6) is -0.217. The number of rotatable bonds is 1. The van der Waals surface area contributed by atoms with Crippen LogP contribution in [-0.4, -0.2) is 40.7 Å². The summed E-state index contributed by atoms with van der Waals surface area (Å²) in [6.07, 6.45) is -1.89. The lowest BCUT2D eigenvalue weighted by atomic mass is 10.00. The van der Waals surface area contributed by atoms with Crippen molar-refractivity contribution in [3.05, 3.63) is 0 Å². The van der Waals surface area contributed by atoms with Gasteiger partial charge < -0.3 is 20.3 Å². The first-order valence-electron chi connectivity index (χ1n) is 4.29. The van der Waals surface area contributed by atoms with Gasteiger partial charge in [0, 0.05) is 13.3 Å². The van der Waals surface area contributed by atoms with E-state index in [9.17, 15) is 15.0 Å². The highest BCUT2D eigenvalue weighted by Crippen LogP contribution is 2.18. The van der Waals surface area contributed by atoms with E-state index in [1.807, 2.05) is 0 Å². The molecule has 1 amide bonds. The molecule has 4 atom stereocenters. The van der Waals surface area contributed by atoms with Crippen molar-refractivity contribution in [1.29, 1.82) is 0 Å². The number of carbonyl (C=O) groups is 1. The molecule has 0 bridgehead atoms.